The van der Waals surface area contributed by atoms with E-state index in [1.54, 1.807) is 12.1 Å². The van der Waals surface area contributed by atoms with Crippen molar-refractivity contribution in [2.45, 2.75) is 12.8 Å². The largest absolute Gasteiger partial charge is 0.323 e. The van der Waals surface area contributed by atoms with Gasteiger partial charge in [-0.25, -0.2) is 13.2 Å². The first-order valence-corrected chi connectivity index (χ1v) is 8.23. The number of amides is 1. The van der Waals surface area contributed by atoms with E-state index in [0.717, 1.165) is 6.07 Å². The Morgan fingerprint density at radius 2 is 2.08 bits per heavy atom. The van der Waals surface area contributed by atoms with E-state index >= 15 is 0 Å². The van der Waals surface area contributed by atoms with Crippen LogP contribution in [0.2, 0.25) is 0 Å². The van der Waals surface area contributed by atoms with Gasteiger partial charge in [0.1, 0.15) is 5.82 Å². The van der Waals surface area contributed by atoms with E-state index in [4.69, 9.17) is 0 Å². The molecule has 26 heavy (non-hydrogen) atoms. The quantitative estimate of drug-likeness (QED) is 0.886. The minimum atomic E-state index is -2.44. The van der Waals surface area contributed by atoms with Crippen LogP contribution >= 0.6 is 0 Å². The van der Waals surface area contributed by atoms with Crippen LogP contribution in [0.15, 0.2) is 47.4 Å². The first-order valence-electron chi connectivity index (χ1n) is 8.23. The molecule has 0 unspecified atom stereocenters. The van der Waals surface area contributed by atoms with Crippen molar-refractivity contribution in [2.75, 3.05) is 25.0 Å². The number of likely N-dealkylation sites (tertiary alicyclic amines) is 1. The van der Waals surface area contributed by atoms with Gasteiger partial charge in [0.15, 0.2) is 0 Å². The molecule has 0 bridgehead atoms. The molecule has 0 saturated carbocycles. The van der Waals surface area contributed by atoms with E-state index < -0.39 is 24.1 Å². The van der Waals surface area contributed by atoms with Gasteiger partial charge in [-0.3, -0.25) is 19.1 Å². The summed E-state index contributed by atoms with van der Waals surface area (Å²) in [6.07, 6.45) is -0.466. The van der Waals surface area contributed by atoms with E-state index in [2.05, 4.69) is 5.32 Å². The van der Waals surface area contributed by atoms with E-state index in [0.29, 0.717) is 18.7 Å². The lowest BCUT2D eigenvalue weighted by Crippen LogP contribution is -2.30. The zero-order valence-corrected chi connectivity index (χ0v) is 13.9. The zero-order chi connectivity index (χ0) is 18.7. The summed E-state index contributed by atoms with van der Waals surface area (Å²) in [5.74, 6) is -1.52. The number of hydrogen-bond acceptors (Lipinski definition) is 3. The van der Waals surface area contributed by atoms with E-state index in [9.17, 15) is 22.8 Å². The van der Waals surface area contributed by atoms with Crippen molar-refractivity contribution in [1.82, 2.24) is 9.47 Å². The second kappa shape index (κ2) is 7.74. The lowest BCUT2D eigenvalue weighted by molar-refractivity contribution is -0.119. The molecule has 1 aliphatic heterocycles. The van der Waals surface area contributed by atoms with Crippen molar-refractivity contribution in [3.8, 4) is 5.69 Å². The van der Waals surface area contributed by atoms with Gasteiger partial charge >= 0.3 is 0 Å². The molecule has 1 aliphatic rings. The summed E-state index contributed by atoms with van der Waals surface area (Å²) >= 11 is 0. The predicted octanol–water partition coefficient (Wildman–Crippen LogP) is 2.50. The van der Waals surface area contributed by atoms with Crippen LogP contribution in [0.1, 0.15) is 6.42 Å². The van der Waals surface area contributed by atoms with Crippen molar-refractivity contribution in [3.05, 3.63) is 58.8 Å². The first-order chi connectivity index (χ1) is 12.4. The lowest BCUT2D eigenvalue weighted by atomic mass is 10.1. The number of rotatable bonds is 5. The van der Waals surface area contributed by atoms with Crippen molar-refractivity contribution in [1.29, 1.82) is 0 Å². The molecule has 3 rings (SSSR count). The molecule has 1 aromatic carbocycles. The maximum absolute atomic E-state index is 14.3. The summed E-state index contributed by atoms with van der Waals surface area (Å²) in [6, 6.07) is 8.67. The number of benzene rings is 1. The number of pyridine rings is 1. The highest BCUT2D eigenvalue weighted by atomic mass is 19.3. The van der Waals surface area contributed by atoms with Gasteiger partial charge < -0.3 is 5.32 Å². The van der Waals surface area contributed by atoms with Crippen LogP contribution in [-0.4, -0.2) is 41.4 Å². The highest BCUT2D eigenvalue weighted by Gasteiger charge is 2.30. The number of carbonyl (C=O) groups excluding carboxylic acids is 1. The summed E-state index contributed by atoms with van der Waals surface area (Å²) in [7, 11) is 0. The number of anilines is 1. The average molecular weight is 365 g/mol. The number of nitrogens with zero attached hydrogens (tertiary/aromatic N) is 2. The average Bonchev–Trinajstić information content (AvgIpc) is 3.05. The van der Waals surface area contributed by atoms with Crippen LogP contribution in [0.5, 0.6) is 0 Å². The van der Waals surface area contributed by atoms with Gasteiger partial charge in [0.05, 0.1) is 23.8 Å². The first kappa shape index (κ1) is 18.2. The van der Waals surface area contributed by atoms with Gasteiger partial charge in [0, 0.05) is 24.9 Å². The minimum Gasteiger partial charge on any atom is -0.323 e. The standard InChI is InChI=1S/C18H18F3N3O2/c19-14-9-13(24-7-2-1-3-17(24)25)4-5-15(14)22-18(26)12-6-8-23(10-12)11-16(20)21/h1-5,7,9,12,16H,6,8,10-11H2,(H,22,26)/t12-/m1/s1. The van der Waals surface area contributed by atoms with Crippen LogP contribution in [0, 0.1) is 11.7 Å². The predicted molar refractivity (Wildman–Crippen MR) is 91.2 cm³/mol. The fourth-order valence-electron chi connectivity index (χ4n) is 3.04. The Morgan fingerprint density at radius 3 is 2.77 bits per heavy atom. The van der Waals surface area contributed by atoms with Crippen molar-refractivity contribution in [2.24, 2.45) is 5.92 Å². The van der Waals surface area contributed by atoms with Gasteiger partial charge in [-0.2, -0.15) is 0 Å². The summed E-state index contributed by atoms with van der Waals surface area (Å²) in [5.41, 5.74) is 0.0406. The van der Waals surface area contributed by atoms with Crippen LogP contribution in [0.25, 0.3) is 5.69 Å². The molecule has 1 saturated heterocycles. The number of carbonyl (C=O) groups is 1. The molecular formula is C18H18F3N3O2. The van der Waals surface area contributed by atoms with Crippen LogP contribution in [0.3, 0.4) is 0 Å². The minimum absolute atomic E-state index is 0.00459. The molecule has 1 atom stereocenters. The molecule has 1 amide bonds. The van der Waals surface area contributed by atoms with Gasteiger partial charge in [-0.15, -0.1) is 0 Å². The smallest absolute Gasteiger partial charge is 0.255 e. The molecule has 1 N–H and O–H groups in total. The number of hydrogen-bond donors (Lipinski definition) is 1. The van der Waals surface area contributed by atoms with E-state index in [-0.39, 0.29) is 24.3 Å². The van der Waals surface area contributed by atoms with Gasteiger partial charge in [0.25, 0.3) is 12.0 Å². The second-order valence-electron chi connectivity index (χ2n) is 6.20. The molecule has 1 aromatic heterocycles. The van der Waals surface area contributed by atoms with Crippen molar-refractivity contribution in [3.63, 3.8) is 0 Å². The summed E-state index contributed by atoms with van der Waals surface area (Å²) in [6.45, 7) is 0.286. The molecule has 0 aliphatic carbocycles. The molecule has 5 nitrogen and oxygen atoms in total. The third kappa shape index (κ3) is 4.13. The number of halogens is 3. The normalized spacial score (nSPS) is 17.6. The summed E-state index contributed by atoms with van der Waals surface area (Å²) in [5, 5.41) is 2.50. The fraction of sp³-hybridized carbons (Fsp3) is 0.333. The SMILES string of the molecule is O=C(Nc1ccc(-n2ccccc2=O)cc1F)[C@@H]1CCN(CC(F)F)C1. The Hall–Kier alpha value is -2.61. The van der Waals surface area contributed by atoms with Crippen LogP contribution in [-0.2, 0) is 4.79 Å². The third-order valence-corrected chi connectivity index (χ3v) is 4.35. The molecule has 2 heterocycles. The molecule has 2 aromatic rings. The lowest BCUT2D eigenvalue weighted by Gasteiger charge is -2.15. The Kier molecular flexibility index (Phi) is 5.41. The van der Waals surface area contributed by atoms with Crippen LogP contribution < -0.4 is 10.9 Å². The highest BCUT2D eigenvalue weighted by Crippen LogP contribution is 2.22. The second-order valence-corrected chi connectivity index (χ2v) is 6.20. The molecule has 138 valence electrons. The highest BCUT2D eigenvalue weighted by molar-refractivity contribution is 5.93. The Labute approximate surface area is 148 Å². The number of nitrogens with one attached hydrogen (secondary N) is 1. The monoisotopic (exact) mass is 365 g/mol. The molecule has 8 heteroatoms. The third-order valence-electron chi connectivity index (χ3n) is 4.35. The topological polar surface area (TPSA) is 54.3 Å². The maximum atomic E-state index is 14.3. The van der Waals surface area contributed by atoms with E-state index in [1.165, 1.54) is 33.9 Å². The zero-order valence-electron chi connectivity index (χ0n) is 13.9. The van der Waals surface area contributed by atoms with Gasteiger partial charge in [-0.05, 0) is 31.2 Å². The van der Waals surface area contributed by atoms with E-state index in [1.807, 2.05) is 0 Å². The van der Waals surface area contributed by atoms with Gasteiger partial charge in [-0.1, -0.05) is 6.07 Å². The number of alkyl halides is 2. The summed E-state index contributed by atoms with van der Waals surface area (Å²) in [4.78, 5) is 25.6. The fourth-order valence-corrected chi connectivity index (χ4v) is 3.04. The summed E-state index contributed by atoms with van der Waals surface area (Å²) < 4.78 is 40.4. The molecule has 0 spiro atoms. The van der Waals surface area contributed by atoms with Crippen LogP contribution in [0.4, 0.5) is 18.9 Å². The Morgan fingerprint density at radius 1 is 1.27 bits per heavy atom. The molecule has 1 fully saturated rings. The Bertz CT molecular complexity index is 854. The number of aromatic nitrogens is 1. The van der Waals surface area contributed by atoms with Gasteiger partial charge in [0.2, 0.25) is 5.91 Å². The molecular weight excluding hydrogens is 347 g/mol. The Balaban J connectivity index is 1.68. The molecule has 0 radical (unpaired) electrons. The van der Waals surface area contributed by atoms with Crippen molar-refractivity contribution < 1.29 is 18.0 Å². The maximum Gasteiger partial charge on any atom is 0.255 e. The van der Waals surface area contributed by atoms with Crippen molar-refractivity contribution >= 4 is 11.6 Å².